The van der Waals surface area contributed by atoms with Crippen LogP contribution in [0.25, 0.3) is 16.7 Å². The molecule has 0 fully saturated rings. The average Bonchev–Trinajstić information content (AvgIpc) is 2.78. The summed E-state index contributed by atoms with van der Waals surface area (Å²) < 4.78 is 15.6. The molecule has 0 radical (unpaired) electrons. The summed E-state index contributed by atoms with van der Waals surface area (Å²) in [5.74, 6) is 0.657. The van der Waals surface area contributed by atoms with Crippen molar-refractivity contribution in [1.29, 1.82) is 0 Å². The molecule has 3 rings (SSSR count). The molecule has 0 amide bonds. The Balaban J connectivity index is 2.37. The monoisotopic (exact) mass is 269 g/mol. The fourth-order valence-corrected chi connectivity index (χ4v) is 2.48. The molecule has 0 unspecified atom stereocenters. The zero-order chi connectivity index (χ0) is 14.3. The Morgan fingerprint density at radius 2 is 2.00 bits per heavy atom. The van der Waals surface area contributed by atoms with Crippen LogP contribution in [0.4, 0.5) is 10.1 Å². The minimum Gasteiger partial charge on any atom is -0.399 e. The van der Waals surface area contributed by atoms with Gasteiger partial charge in [-0.15, -0.1) is 0 Å². The number of benzene rings is 2. The van der Waals surface area contributed by atoms with E-state index in [1.54, 1.807) is 12.1 Å². The van der Waals surface area contributed by atoms with Crippen molar-refractivity contribution in [3.8, 4) is 5.69 Å². The lowest BCUT2D eigenvalue weighted by molar-refractivity contribution is 0.626. The molecule has 3 aromatic rings. The van der Waals surface area contributed by atoms with Crippen LogP contribution in [0.3, 0.4) is 0 Å². The number of nitrogens with zero attached hydrogens (tertiary/aromatic N) is 2. The Morgan fingerprint density at radius 1 is 1.20 bits per heavy atom. The van der Waals surface area contributed by atoms with Crippen LogP contribution >= 0.6 is 0 Å². The van der Waals surface area contributed by atoms with Crippen molar-refractivity contribution in [3.05, 3.63) is 53.6 Å². The second-order valence-corrected chi connectivity index (χ2v) is 4.90. The highest BCUT2D eigenvalue weighted by Gasteiger charge is 2.13. The Hall–Kier alpha value is -2.36. The molecule has 0 aliphatic rings. The fourth-order valence-electron chi connectivity index (χ4n) is 2.48. The minimum absolute atomic E-state index is 0.245. The highest BCUT2D eigenvalue weighted by atomic mass is 19.1. The lowest BCUT2D eigenvalue weighted by atomic mass is 10.2. The highest BCUT2D eigenvalue weighted by Crippen LogP contribution is 2.26. The van der Waals surface area contributed by atoms with E-state index in [1.807, 2.05) is 36.6 Å². The van der Waals surface area contributed by atoms with Gasteiger partial charge in [0.25, 0.3) is 0 Å². The van der Waals surface area contributed by atoms with Crippen molar-refractivity contribution >= 4 is 16.7 Å². The number of nitrogen functional groups attached to an aromatic ring is 1. The largest absolute Gasteiger partial charge is 0.399 e. The van der Waals surface area contributed by atoms with Crippen molar-refractivity contribution in [3.63, 3.8) is 0 Å². The molecule has 1 heterocycles. The van der Waals surface area contributed by atoms with Gasteiger partial charge in [0.15, 0.2) is 0 Å². The first-order chi connectivity index (χ1) is 9.60. The first-order valence-corrected chi connectivity index (χ1v) is 6.63. The van der Waals surface area contributed by atoms with Crippen LogP contribution < -0.4 is 5.73 Å². The maximum atomic E-state index is 13.6. The minimum atomic E-state index is -0.245. The Bertz CT molecular complexity index is 790. The van der Waals surface area contributed by atoms with Gasteiger partial charge in [-0.3, -0.25) is 4.57 Å². The normalized spacial score (nSPS) is 11.2. The van der Waals surface area contributed by atoms with Gasteiger partial charge in [0.2, 0.25) is 0 Å². The molecule has 0 atom stereocenters. The predicted molar refractivity (Wildman–Crippen MR) is 79.6 cm³/mol. The molecular weight excluding hydrogens is 253 g/mol. The molecule has 0 spiro atoms. The maximum absolute atomic E-state index is 13.6. The zero-order valence-corrected chi connectivity index (χ0v) is 11.5. The van der Waals surface area contributed by atoms with Crippen LogP contribution in [0.1, 0.15) is 18.3 Å². The Morgan fingerprint density at radius 3 is 2.75 bits per heavy atom. The second kappa shape index (κ2) is 4.63. The van der Waals surface area contributed by atoms with Gasteiger partial charge in [-0.25, -0.2) is 9.37 Å². The van der Waals surface area contributed by atoms with E-state index in [0.717, 1.165) is 34.5 Å². The van der Waals surface area contributed by atoms with E-state index in [-0.39, 0.29) is 5.82 Å². The van der Waals surface area contributed by atoms with Crippen LogP contribution in [0, 0.1) is 12.7 Å². The van der Waals surface area contributed by atoms with Crippen molar-refractivity contribution in [2.45, 2.75) is 20.3 Å². The number of aryl methyl sites for hydroxylation is 2. The maximum Gasteiger partial charge on any atom is 0.125 e. The fraction of sp³-hybridized carbons (Fsp3) is 0.188. The van der Waals surface area contributed by atoms with Crippen LogP contribution in [-0.2, 0) is 6.42 Å². The molecule has 1 aromatic heterocycles. The average molecular weight is 269 g/mol. The second-order valence-electron chi connectivity index (χ2n) is 4.90. The summed E-state index contributed by atoms with van der Waals surface area (Å²) in [7, 11) is 0. The summed E-state index contributed by atoms with van der Waals surface area (Å²) in [5, 5.41) is 0. The number of nitrogens with two attached hydrogens (primary N) is 1. The predicted octanol–water partition coefficient (Wildman–Crippen LogP) is 3.62. The number of halogens is 1. The highest BCUT2D eigenvalue weighted by molar-refractivity contribution is 5.81. The van der Waals surface area contributed by atoms with E-state index in [0.29, 0.717) is 5.69 Å². The van der Waals surface area contributed by atoms with Crippen LogP contribution in [0.2, 0.25) is 0 Å². The Labute approximate surface area is 116 Å². The van der Waals surface area contributed by atoms with E-state index in [9.17, 15) is 4.39 Å². The van der Waals surface area contributed by atoms with Gasteiger partial charge in [-0.2, -0.15) is 0 Å². The molecular formula is C16H16FN3. The van der Waals surface area contributed by atoms with Crippen molar-refractivity contribution in [2.75, 3.05) is 5.73 Å². The van der Waals surface area contributed by atoms with Gasteiger partial charge in [-0.1, -0.05) is 13.0 Å². The Kier molecular flexibility index (Phi) is 2.93. The summed E-state index contributed by atoms with van der Waals surface area (Å²) in [6.45, 7) is 4.01. The van der Waals surface area contributed by atoms with Crippen molar-refractivity contribution in [2.24, 2.45) is 0 Å². The molecule has 2 N–H and O–H groups in total. The van der Waals surface area contributed by atoms with E-state index in [1.165, 1.54) is 6.07 Å². The lowest BCUT2D eigenvalue weighted by Gasteiger charge is -2.11. The van der Waals surface area contributed by atoms with Gasteiger partial charge < -0.3 is 5.73 Å². The summed E-state index contributed by atoms with van der Waals surface area (Å²) in [6.07, 6.45) is 0.768. The first-order valence-electron chi connectivity index (χ1n) is 6.63. The molecule has 0 saturated heterocycles. The van der Waals surface area contributed by atoms with E-state index in [4.69, 9.17) is 5.73 Å². The zero-order valence-electron chi connectivity index (χ0n) is 11.5. The third-order valence-electron chi connectivity index (χ3n) is 3.48. The van der Waals surface area contributed by atoms with Crippen molar-refractivity contribution < 1.29 is 4.39 Å². The van der Waals surface area contributed by atoms with Crippen LogP contribution in [0.15, 0.2) is 36.4 Å². The third-order valence-corrected chi connectivity index (χ3v) is 3.48. The molecule has 0 aliphatic carbocycles. The van der Waals surface area contributed by atoms with E-state index < -0.39 is 0 Å². The van der Waals surface area contributed by atoms with Gasteiger partial charge in [0, 0.05) is 12.1 Å². The molecule has 2 aromatic carbocycles. The molecule has 0 aliphatic heterocycles. The quantitative estimate of drug-likeness (QED) is 0.722. The van der Waals surface area contributed by atoms with Gasteiger partial charge in [0.1, 0.15) is 11.6 Å². The topological polar surface area (TPSA) is 43.8 Å². The number of aromatic nitrogens is 2. The molecule has 20 heavy (non-hydrogen) atoms. The smallest absolute Gasteiger partial charge is 0.125 e. The van der Waals surface area contributed by atoms with E-state index >= 15 is 0 Å². The summed E-state index contributed by atoms with van der Waals surface area (Å²) in [6, 6.07) is 10.4. The number of imidazole rings is 1. The number of hydrogen-bond donors (Lipinski definition) is 1. The number of anilines is 1. The summed E-state index contributed by atoms with van der Waals surface area (Å²) in [4.78, 5) is 4.60. The SMILES string of the molecule is CCc1nc2cc(N)ccc2n1-c1cc(F)ccc1C. The molecule has 4 heteroatoms. The van der Waals surface area contributed by atoms with Gasteiger partial charge in [-0.05, 0) is 42.8 Å². The third kappa shape index (κ3) is 1.93. The van der Waals surface area contributed by atoms with Gasteiger partial charge >= 0.3 is 0 Å². The van der Waals surface area contributed by atoms with Crippen LogP contribution in [-0.4, -0.2) is 9.55 Å². The summed E-state index contributed by atoms with van der Waals surface area (Å²) in [5.41, 5.74) is 10.1. The number of hydrogen-bond acceptors (Lipinski definition) is 2. The lowest BCUT2D eigenvalue weighted by Crippen LogP contribution is -2.02. The van der Waals surface area contributed by atoms with Gasteiger partial charge in [0.05, 0.1) is 16.7 Å². The standard InChI is InChI=1S/C16H16FN3/c1-3-16-19-13-9-12(18)6-7-14(13)20(16)15-8-11(17)5-4-10(15)2/h4-9H,3,18H2,1-2H3. The van der Waals surface area contributed by atoms with E-state index in [2.05, 4.69) is 4.98 Å². The molecule has 102 valence electrons. The molecule has 0 bridgehead atoms. The molecule has 0 saturated carbocycles. The van der Waals surface area contributed by atoms with Crippen LogP contribution in [0.5, 0.6) is 0 Å². The first kappa shape index (κ1) is 12.7. The summed E-state index contributed by atoms with van der Waals surface area (Å²) >= 11 is 0. The van der Waals surface area contributed by atoms with Crippen molar-refractivity contribution in [1.82, 2.24) is 9.55 Å². The number of fused-ring (bicyclic) bond motifs is 1. The number of rotatable bonds is 2. The molecule has 3 nitrogen and oxygen atoms in total.